The Morgan fingerprint density at radius 3 is 2.50 bits per heavy atom. The molecule has 5 nitrogen and oxygen atoms in total. The van der Waals surface area contributed by atoms with E-state index in [1.54, 1.807) is 18.2 Å². The van der Waals surface area contributed by atoms with Gasteiger partial charge in [0.15, 0.2) is 0 Å². The second kappa shape index (κ2) is 8.53. The van der Waals surface area contributed by atoms with Gasteiger partial charge in [0, 0.05) is 12.1 Å². The molecule has 0 spiro atoms. The summed E-state index contributed by atoms with van der Waals surface area (Å²) >= 11 is 0. The molecule has 1 amide bonds. The Kier molecular flexibility index (Phi) is 6.14. The van der Waals surface area contributed by atoms with Gasteiger partial charge in [-0.25, -0.2) is 9.59 Å². The Labute approximate surface area is 140 Å². The molecule has 0 aliphatic heterocycles. The van der Waals surface area contributed by atoms with Crippen LogP contribution in [0.3, 0.4) is 0 Å². The van der Waals surface area contributed by atoms with E-state index in [0.717, 1.165) is 11.1 Å². The van der Waals surface area contributed by atoms with Crippen LogP contribution in [0.5, 0.6) is 5.75 Å². The number of carboxylic acids is 1. The molecule has 0 atom stereocenters. The molecular weight excluding hydrogens is 306 g/mol. The van der Waals surface area contributed by atoms with Crippen LogP contribution in [0, 0.1) is 0 Å². The highest BCUT2D eigenvalue weighted by Crippen LogP contribution is 2.23. The molecule has 0 bridgehead atoms. The Balaban J connectivity index is 1.88. The van der Waals surface area contributed by atoms with Gasteiger partial charge in [0.2, 0.25) is 0 Å². The monoisotopic (exact) mass is 325 g/mol. The van der Waals surface area contributed by atoms with Gasteiger partial charge >= 0.3 is 12.1 Å². The summed E-state index contributed by atoms with van der Waals surface area (Å²) in [4.78, 5) is 22.4. The minimum Gasteiger partial charge on any atom is -0.478 e. The van der Waals surface area contributed by atoms with Crippen LogP contribution < -0.4 is 10.1 Å². The Bertz CT molecular complexity index is 738. The first kappa shape index (κ1) is 17.3. The second-order valence-electron chi connectivity index (χ2n) is 5.19. The van der Waals surface area contributed by atoms with Gasteiger partial charge in [-0.15, -0.1) is 0 Å². The van der Waals surface area contributed by atoms with E-state index in [9.17, 15) is 9.59 Å². The van der Waals surface area contributed by atoms with Gasteiger partial charge in [-0.1, -0.05) is 48.5 Å². The maximum Gasteiger partial charge on any atom is 0.412 e. The lowest BCUT2D eigenvalue weighted by molar-refractivity contribution is -0.132. The first-order chi connectivity index (χ1) is 11.6. The average molecular weight is 325 g/mol. The summed E-state index contributed by atoms with van der Waals surface area (Å²) < 4.78 is 5.24. The molecule has 2 aromatic rings. The van der Waals surface area contributed by atoms with Crippen LogP contribution in [-0.4, -0.2) is 23.7 Å². The van der Waals surface area contributed by atoms with Gasteiger partial charge in [-0.2, -0.15) is 0 Å². The first-order valence-electron chi connectivity index (χ1n) is 7.57. The molecule has 0 saturated heterocycles. The van der Waals surface area contributed by atoms with Crippen molar-refractivity contribution in [1.29, 1.82) is 0 Å². The molecule has 0 aliphatic carbocycles. The highest BCUT2D eigenvalue weighted by Gasteiger charge is 2.05. The summed E-state index contributed by atoms with van der Waals surface area (Å²) in [6.45, 7) is 1.82. The number of nitrogens with one attached hydrogen (secondary N) is 1. The quantitative estimate of drug-likeness (QED) is 0.624. The lowest BCUT2D eigenvalue weighted by atomic mass is 10.1. The Morgan fingerprint density at radius 2 is 1.79 bits per heavy atom. The van der Waals surface area contributed by atoms with E-state index in [2.05, 4.69) is 5.32 Å². The normalized spacial score (nSPS) is 11.0. The van der Waals surface area contributed by atoms with Gasteiger partial charge in [-0.3, -0.25) is 0 Å². The van der Waals surface area contributed by atoms with Crippen LogP contribution in [0.2, 0.25) is 0 Å². The number of hydrogen-bond acceptors (Lipinski definition) is 3. The van der Waals surface area contributed by atoms with Crippen molar-refractivity contribution in [1.82, 2.24) is 5.32 Å². The van der Waals surface area contributed by atoms with Gasteiger partial charge in [0.05, 0.1) is 0 Å². The topological polar surface area (TPSA) is 75.6 Å². The highest BCUT2D eigenvalue weighted by molar-refractivity contribution is 5.85. The predicted octanol–water partition coefficient (Wildman–Crippen LogP) is 3.86. The number of hydrogen-bond donors (Lipinski definition) is 2. The number of benzene rings is 2. The van der Waals surface area contributed by atoms with Crippen molar-refractivity contribution in [3.63, 3.8) is 0 Å². The van der Waals surface area contributed by atoms with Gasteiger partial charge in [0.25, 0.3) is 0 Å². The third-order valence-corrected chi connectivity index (χ3v) is 3.35. The van der Waals surface area contributed by atoms with Crippen molar-refractivity contribution in [2.75, 3.05) is 6.54 Å². The average Bonchev–Trinajstić information content (AvgIpc) is 2.59. The van der Waals surface area contributed by atoms with E-state index >= 15 is 0 Å². The smallest absolute Gasteiger partial charge is 0.412 e. The summed E-state index contributed by atoms with van der Waals surface area (Å²) in [7, 11) is 0. The summed E-state index contributed by atoms with van der Waals surface area (Å²) in [5.74, 6) is -0.513. The van der Waals surface area contributed by atoms with Crippen LogP contribution in [0.1, 0.15) is 13.3 Å². The molecule has 2 aromatic carbocycles. The molecular formula is C19H19NO4. The number of rotatable bonds is 6. The first-order valence-corrected chi connectivity index (χ1v) is 7.57. The SMILES string of the molecule is CC(=CCCNC(=O)Oc1cccc(-c2ccccc2)c1)C(=O)O. The van der Waals surface area contributed by atoms with E-state index in [-0.39, 0.29) is 5.57 Å². The number of amides is 1. The summed E-state index contributed by atoms with van der Waals surface area (Å²) in [6.07, 6.45) is 1.41. The fourth-order valence-electron chi connectivity index (χ4n) is 2.06. The van der Waals surface area contributed by atoms with Crippen molar-refractivity contribution in [2.24, 2.45) is 0 Å². The van der Waals surface area contributed by atoms with Crippen LogP contribution in [-0.2, 0) is 4.79 Å². The van der Waals surface area contributed by atoms with E-state index in [1.165, 1.54) is 6.92 Å². The van der Waals surface area contributed by atoms with E-state index in [4.69, 9.17) is 9.84 Å². The fourth-order valence-corrected chi connectivity index (χ4v) is 2.06. The third kappa shape index (κ3) is 5.28. The number of aliphatic carboxylic acids is 1. The predicted molar refractivity (Wildman–Crippen MR) is 91.9 cm³/mol. The van der Waals surface area contributed by atoms with Crippen molar-refractivity contribution in [3.8, 4) is 16.9 Å². The minimum atomic E-state index is -0.963. The van der Waals surface area contributed by atoms with Crippen molar-refractivity contribution in [2.45, 2.75) is 13.3 Å². The van der Waals surface area contributed by atoms with E-state index < -0.39 is 12.1 Å². The zero-order valence-electron chi connectivity index (χ0n) is 13.4. The summed E-state index contributed by atoms with van der Waals surface area (Å²) in [6, 6.07) is 17.1. The fraction of sp³-hybridized carbons (Fsp3) is 0.158. The summed E-state index contributed by atoms with van der Waals surface area (Å²) in [5, 5.41) is 11.3. The zero-order valence-corrected chi connectivity index (χ0v) is 13.4. The highest BCUT2D eigenvalue weighted by atomic mass is 16.6. The number of carbonyl (C=O) groups excluding carboxylic acids is 1. The third-order valence-electron chi connectivity index (χ3n) is 3.35. The van der Waals surface area contributed by atoms with Crippen molar-refractivity contribution < 1.29 is 19.4 Å². The summed E-state index contributed by atoms with van der Waals surface area (Å²) in [5.41, 5.74) is 2.25. The van der Waals surface area contributed by atoms with Crippen molar-refractivity contribution >= 4 is 12.1 Å². The largest absolute Gasteiger partial charge is 0.478 e. The van der Waals surface area contributed by atoms with Crippen LogP contribution >= 0.6 is 0 Å². The number of carboxylic acid groups (broad SMARTS) is 1. The molecule has 0 fully saturated rings. The van der Waals surface area contributed by atoms with Crippen LogP contribution in [0.25, 0.3) is 11.1 Å². The Morgan fingerprint density at radius 1 is 1.08 bits per heavy atom. The Hall–Kier alpha value is -3.08. The molecule has 0 saturated carbocycles. The molecule has 0 aliphatic rings. The van der Waals surface area contributed by atoms with Crippen LogP contribution in [0.15, 0.2) is 66.2 Å². The maximum atomic E-state index is 11.8. The molecule has 0 unspecified atom stereocenters. The molecule has 5 heteroatoms. The van der Waals surface area contributed by atoms with E-state index in [0.29, 0.717) is 18.7 Å². The molecule has 0 heterocycles. The molecule has 124 valence electrons. The molecule has 2 rings (SSSR count). The lowest BCUT2D eigenvalue weighted by Gasteiger charge is -2.08. The van der Waals surface area contributed by atoms with Gasteiger partial charge in [-0.05, 0) is 36.6 Å². The van der Waals surface area contributed by atoms with Crippen LogP contribution in [0.4, 0.5) is 4.79 Å². The lowest BCUT2D eigenvalue weighted by Crippen LogP contribution is -2.27. The van der Waals surface area contributed by atoms with Crippen molar-refractivity contribution in [3.05, 3.63) is 66.2 Å². The second-order valence-corrected chi connectivity index (χ2v) is 5.19. The number of carbonyl (C=O) groups is 2. The maximum absolute atomic E-state index is 11.8. The molecule has 0 aromatic heterocycles. The number of ether oxygens (including phenoxy) is 1. The molecule has 0 radical (unpaired) electrons. The zero-order chi connectivity index (χ0) is 17.4. The minimum absolute atomic E-state index is 0.251. The standard InChI is InChI=1S/C19H19NO4/c1-14(18(21)22)7-6-12-20-19(23)24-17-11-5-10-16(13-17)15-8-3-2-4-9-15/h2-5,7-11,13H,6,12H2,1H3,(H,20,23)(H,21,22). The van der Waals surface area contributed by atoms with Gasteiger partial charge in [0.1, 0.15) is 5.75 Å². The van der Waals surface area contributed by atoms with E-state index in [1.807, 2.05) is 42.5 Å². The van der Waals surface area contributed by atoms with Gasteiger partial charge < -0.3 is 15.2 Å². The molecule has 2 N–H and O–H groups in total. The molecule has 24 heavy (non-hydrogen) atoms.